The normalized spacial score (nSPS) is 28.5. The lowest BCUT2D eigenvalue weighted by Crippen LogP contribution is -2.43. The van der Waals surface area contributed by atoms with Gasteiger partial charge in [-0.2, -0.15) is 0 Å². The van der Waals surface area contributed by atoms with Crippen LogP contribution >= 0.6 is 0 Å². The standard InChI is InChI=1S/C9H11N3O9/c13-2-4-5(14)6(15)8(20-4)21-11-1-3(12(18)19)7(16)10-9(11)17/h1,4-6,8,13-15H,2H2,(H,10,16,17)/t4-,5-,6+,8-/m1/s1. The van der Waals surface area contributed by atoms with Crippen molar-refractivity contribution in [1.29, 1.82) is 0 Å². The van der Waals surface area contributed by atoms with Gasteiger partial charge in [0.2, 0.25) is 0 Å². The SMILES string of the molecule is O=c1[nH]c(=O)n(O[C@H]2O[C@H](CO)[C@@H](O)[C@@H]2O)cc1[N+](=O)[O-]. The number of aliphatic hydroxyl groups is 3. The minimum absolute atomic E-state index is 0.292. The van der Waals surface area contributed by atoms with Gasteiger partial charge in [-0.25, -0.2) is 4.79 Å². The molecule has 1 fully saturated rings. The fourth-order valence-corrected chi connectivity index (χ4v) is 1.72. The molecule has 0 aliphatic carbocycles. The summed E-state index contributed by atoms with van der Waals surface area (Å²) in [5.74, 6) is 0. The Labute approximate surface area is 114 Å². The maximum atomic E-state index is 11.5. The van der Waals surface area contributed by atoms with Gasteiger partial charge < -0.3 is 24.9 Å². The Hall–Kier alpha value is -2.28. The Bertz CT molecular complexity index is 653. The Balaban J connectivity index is 2.28. The van der Waals surface area contributed by atoms with Crippen LogP contribution in [-0.4, -0.2) is 61.2 Å². The maximum Gasteiger partial charge on any atom is 0.361 e. The molecule has 1 aromatic rings. The lowest BCUT2D eigenvalue weighted by molar-refractivity contribution is -0.387. The number of nitrogens with one attached hydrogen (secondary N) is 1. The summed E-state index contributed by atoms with van der Waals surface area (Å²) >= 11 is 0. The third-order valence-corrected chi connectivity index (χ3v) is 2.81. The highest BCUT2D eigenvalue weighted by atomic mass is 16.8. The van der Waals surface area contributed by atoms with Gasteiger partial charge in [-0.3, -0.25) is 19.9 Å². The van der Waals surface area contributed by atoms with Crippen LogP contribution in [0.1, 0.15) is 0 Å². The molecule has 4 atom stereocenters. The number of nitrogens with zero attached hydrogens (tertiary/aromatic N) is 2. The molecule has 0 aromatic carbocycles. The second kappa shape index (κ2) is 5.61. The molecule has 0 saturated carbocycles. The molecule has 0 bridgehead atoms. The molecule has 116 valence electrons. The molecule has 1 aliphatic rings. The van der Waals surface area contributed by atoms with Crippen LogP contribution in [0, 0.1) is 10.1 Å². The van der Waals surface area contributed by atoms with Crippen LogP contribution in [0.5, 0.6) is 0 Å². The Morgan fingerprint density at radius 3 is 2.62 bits per heavy atom. The Kier molecular flexibility index (Phi) is 4.04. The van der Waals surface area contributed by atoms with Gasteiger partial charge in [-0.1, -0.05) is 0 Å². The summed E-state index contributed by atoms with van der Waals surface area (Å²) in [5, 5.41) is 38.6. The van der Waals surface area contributed by atoms with E-state index < -0.39 is 53.1 Å². The van der Waals surface area contributed by atoms with Gasteiger partial charge in [0.1, 0.15) is 24.5 Å². The number of hydrogen-bond donors (Lipinski definition) is 4. The van der Waals surface area contributed by atoms with Gasteiger partial charge in [0, 0.05) is 0 Å². The number of aliphatic hydroxyl groups excluding tert-OH is 3. The fourth-order valence-electron chi connectivity index (χ4n) is 1.72. The minimum Gasteiger partial charge on any atom is -0.394 e. The van der Waals surface area contributed by atoms with Crippen molar-refractivity contribution < 1.29 is 29.8 Å². The van der Waals surface area contributed by atoms with E-state index in [0.29, 0.717) is 10.9 Å². The number of aromatic amines is 1. The van der Waals surface area contributed by atoms with Crippen LogP contribution in [0.4, 0.5) is 5.69 Å². The number of ether oxygens (including phenoxy) is 1. The third-order valence-electron chi connectivity index (χ3n) is 2.81. The molecule has 12 nitrogen and oxygen atoms in total. The molecular weight excluding hydrogens is 294 g/mol. The van der Waals surface area contributed by atoms with Crippen molar-refractivity contribution in [2.45, 2.75) is 24.6 Å². The number of H-pyrrole nitrogens is 1. The summed E-state index contributed by atoms with van der Waals surface area (Å²) in [6, 6.07) is 0. The quantitative estimate of drug-likeness (QED) is 0.322. The smallest absolute Gasteiger partial charge is 0.361 e. The number of rotatable bonds is 4. The van der Waals surface area contributed by atoms with Crippen molar-refractivity contribution in [3.8, 4) is 0 Å². The molecule has 2 rings (SSSR count). The molecule has 0 spiro atoms. The average molecular weight is 305 g/mol. The van der Waals surface area contributed by atoms with Crippen molar-refractivity contribution in [2.24, 2.45) is 0 Å². The molecule has 12 heteroatoms. The van der Waals surface area contributed by atoms with Gasteiger partial charge in [-0.15, -0.1) is 4.73 Å². The van der Waals surface area contributed by atoms with Gasteiger partial charge in [0.05, 0.1) is 11.5 Å². The fraction of sp³-hybridized carbons (Fsp3) is 0.556. The Morgan fingerprint density at radius 2 is 2.10 bits per heavy atom. The zero-order valence-electron chi connectivity index (χ0n) is 10.3. The first-order valence-electron chi connectivity index (χ1n) is 5.65. The number of aromatic nitrogens is 2. The molecular formula is C9H11N3O9. The summed E-state index contributed by atoms with van der Waals surface area (Å²) in [6.07, 6.45) is -5.25. The van der Waals surface area contributed by atoms with Gasteiger partial charge >= 0.3 is 16.9 Å². The topological polar surface area (TPSA) is 177 Å². The van der Waals surface area contributed by atoms with E-state index in [2.05, 4.69) is 0 Å². The maximum absolute atomic E-state index is 11.5. The van der Waals surface area contributed by atoms with E-state index in [1.807, 2.05) is 0 Å². The Morgan fingerprint density at radius 1 is 1.43 bits per heavy atom. The first-order chi connectivity index (χ1) is 9.85. The molecule has 0 amide bonds. The van der Waals surface area contributed by atoms with E-state index in [-0.39, 0.29) is 0 Å². The van der Waals surface area contributed by atoms with Gasteiger partial charge in [0.15, 0.2) is 0 Å². The zero-order valence-corrected chi connectivity index (χ0v) is 10.3. The van der Waals surface area contributed by atoms with Crippen LogP contribution in [0.15, 0.2) is 15.8 Å². The predicted molar refractivity (Wildman–Crippen MR) is 62.3 cm³/mol. The highest BCUT2D eigenvalue weighted by Crippen LogP contribution is 2.20. The molecule has 1 saturated heterocycles. The lowest BCUT2D eigenvalue weighted by atomic mass is 10.1. The minimum atomic E-state index is -1.60. The summed E-state index contributed by atoms with van der Waals surface area (Å²) in [4.78, 5) is 38.7. The molecule has 4 N–H and O–H groups in total. The van der Waals surface area contributed by atoms with Gasteiger partial charge in [0.25, 0.3) is 6.29 Å². The summed E-state index contributed by atoms with van der Waals surface area (Å²) in [7, 11) is 0. The molecule has 0 unspecified atom stereocenters. The third kappa shape index (κ3) is 2.78. The number of hydrogen-bond acceptors (Lipinski definition) is 9. The van der Waals surface area contributed by atoms with E-state index in [9.17, 15) is 29.9 Å². The van der Waals surface area contributed by atoms with Crippen molar-refractivity contribution >= 4 is 5.69 Å². The summed E-state index contributed by atoms with van der Waals surface area (Å²) < 4.78 is 5.22. The van der Waals surface area contributed by atoms with Crippen LogP contribution < -0.4 is 16.1 Å². The second-order valence-corrected chi connectivity index (χ2v) is 4.17. The predicted octanol–water partition coefficient (Wildman–Crippen LogP) is -3.69. The van der Waals surface area contributed by atoms with Crippen LogP contribution in [0.25, 0.3) is 0 Å². The van der Waals surface area contributed by atoms with Crippen LogP contribution in [-0.2, 0) is 4.74 Å². The molecule has 1 aromatic heterocycles. The zero-order chi connectivity index (χ0) is 15.7. The van der Waals surface area contributed by atoms with E-state index in [1.165, 1.54) is 0 Å². The average Bonchev–Trinajstić information content (AvgIpc) is 2.69. The monoisotopic (exact) mass is 305 g/mol. The number of nitro groups is 1. The molecule has 2 heterocycles. The highest BCUT2D eigenvalue weighted by Gasteiger charge is 2.44. The summed E-state index contributed by atoms with van der Waals surface area (Å²) in [6.45, 7) is -0.612. The van der Waals surface area contributed by atoms with Gasteiger partial charge in [-0.05, 0) is 0 Å². The van der Waals surface area contributed by atoms with E-state index >= 15 is 0 Å². The molecule has 21 heavy (non-hydrogen) atoms. The second-order valence-electron chi connectivity index (χ2n) is 4.17. The molecule has 1 aliphatic heterocycles. The van der Waals surface area contributed by atoms with Crippen molar-refractivity contribution in [2.75, 3.05) is 6.61 Å². The van der Waals surface area contributed by atoms with Crippen LogP contribution in [0.3, 0.4) is 0 Å². The van der Waals surface area contributed by atoms with Crippen molar-refractivity contribution in [1.82, 2.24) is 9.71 Å². The largest absolute Gasteiger partial charge is 0.394 e. The first-order valence-corrected chi connectivity index (χ1v) is 5.65. The van der Waals surface area contributed by atoms with E-state index in [0.717, 1.165) is 0 Å². The summed E-state index contributed by atoms with van der Waals surface area (Å²) in [5.41, 5.74) is -3.31. The van der Waals surface area contributed by atoms with Crippen molar-refractivity contribution in [3.63, 3.8) is 0 Å². The van der Waals surface area contributed by atoms with Crippen LogP contribution in [0.2, 0.25) is 0 Å². The highest BCUT2D eigenvalue weighted by molar-refractivity contribution is 5.20. The lowest BCUT2D eigenvalue weighted by Gasteiger charge is -2.16. The molecule has 0 radical (unpaired) electrons. The van der Waals surface area contributed by atoms with E-state index in [4.69, 9.17) is 14.7 Å². The first kappa shape index (κ1) is 15.1. The van der Waals surface area contributed by atoms with Crippen molar-refractivity contribution in [3.05, 3.63) is 37.1 Å². The van der Waals surface area contributed by atoms with E-state index in [1.54, 1.807) is 4.98 Å².